The van der Waals surface area contributed by atoms with Crippen molar-refractivity contribution < 1.29 is 38.4 Å². The molecule has 15 heteroatoms. The van der Waals surface area contributed by atoms with Crippen LogP contribution in [0.3, 0.4) is 0 Å². The van der Waals surface area contributed by atoms with Crippen LogP contribution in [0.15, 0.2) is 65.6 Å². The van der Waals surface area contributed by atoms with E-state index in [-0.39, 0.29) is 16.4 Å². The van der Waals surface area contributed by atoms with Crippen LogP contribution >= 0.6 is 11.8 Å². The molecule has 1 fully saturated rings. The molecule has 3 aromatic rings. The number of nitro benzene ring substituents is 2. The first-order valence-electron chi connectivity index (χ1n) is 11.8. The zero-order valence-electron chi connectivity index (χ0n) is 20.8. The summed E-state index contributed by atoms with van der Waals surface area (Å²) in [5.74, 6) is -0.179. The second-order valence-electron chi connectivity index (χ2n) is 8.51. The van der Waals surface area contributed by atoms with Gasteiger partial charge in [-0.3, -0.25) is 39.5 Å². The fourth-order valence-electron chi connectivity index (χ4n) is 3.86. The Kier molecular flexibility index (Phi) is 7.51. The molecule has 3 aromatic carbocycles. The van der Waals surface area contributed by atoms with Gasteiger partial charge in [-0.2, -0.15) is 0 Å². The molecule has 3 amide bonds. The molecular weight excluding hydrogens is 560 g/mol. The summed E-state index contributed by atoms with van der Waals surface area (Å²) in [5, 5.41) is 24.3. The van der Waals surface area contributed by atoms with Gasteiger partial charge in [0.2, 0.25) is 11.7 Å². The second kappa shape index (κ2) is 11.4. The molecule has 0 atom stereocenters. The summed E-state index contributed by atoms with van der Waals surface area (Å²) in [6.45, 7) is 0.319. The predicted octanol–water partition coefficient (Wildman–Crippen LogP) is 4.74. The minimum Gasteiger partial charge on any atom is -0.486 e. The summed E-state index contributed by atoms with van der Waals surface area (Å²) in [4.78, 5) is 59.5. The van der Waals surface area contributed by atoms with Gasteiger partial charge in [-0.15, -0.1) is 0 Å². The molecule has 2 heterocycles. The Morgan fingerprint density at radius 3 is 2.41 bits per heavy atom. The summed E-state index contributed by atoms with van der Waals surface area (Å²) >= 11 is 0.680. The van der Waals surface area contributed by atoms with Crippen LogP contribution < -0.4 is 19.5 Å². The van der Waals surface area contributed by atoms with E-state index in [1.54, 1.807) is 30.3 Å². The fourth-order valence-corrected chi connectivity index (χ4v) is 4.70. The minimum atomic E-state index is -0.788. The molecule has 0 spiro atoms. The average Bonchev–Trinajstić information content (AvgIpc) is 3.21. The van der Waals surface area contributed by atoms with Crippen molar-refractivity contribution in [2.75, 3.05) is 25.1 Å². The quantitative estimate of drug-likeness (QED) is 0.221. The number of ether oxygens (including phenoxy) is 3. The molecule has 0 radical (unpaired) electrons. The van der Waals surface area contributed by atoms with E-state index >= 15 is 0 Å². The van der Waals surface area contributed by atoms with Crippen LogP contribution in [-0.4, -0.2) is 51.6 Å². The number of rotatable bonds is 8. The highest BCUT2D eigenvalue weighted by molar-refractivity contribution is 8.18. The molecule has 208 valence electrons. The SMILES string of the molecule is O=C(CN1C(=O)S/C(=C/c2ccc(Oc3ccc([N+](=O)[O-])cc3[N+](=O)[O-])cc2)C1=O)Nc1ccc2c(c1)OCCO2. The standard InChI is InChI=1S/C26H18N4O10S/c31-24(27-16-3-7-21-22(12-16)39-10-9-38-21)14-28-25(32)23(41-26(28)33)11-15-1-5-18(6-2-15)40-20-8-4-17(29(34)35)13-19(20)30(36)37/h1-8,11-13H,9-10,14H2,(H,27,31)/b23-11+. The molecule has 2 aliphatic heterocycles. The Morgan fingerprint density at radius 1 is 0.976 bits per heavy atom. The largest absolute Gasteiger partial charge is 0.486 e. The van der Waals surface area contributed by atoms with Gasteiger partial charge in [-0.1, -0.05) is 12.1 Å². The summed E-state index contributed by atoms with van der Waals surface area (Å²) in [5.41, 5.74) is -0.0889. The van der Waals surface area contributed by atoms with Crippen molar-refractivity contribution in [2.45, 2.75) is 0 Å². The van der Waals surface area contributed by atoms with Crippen molar-refractivity contribution >= 4 is 52.0 Å². The zero-order chi connectivity index (χ0) is 29.1. The van der Waals surface area contributed by atoms with E-state index in [4.69, 9.17) is 14.2 Å². The molecule has 0 aliphatic carbocycles. The number of thioether (sulfide) groups is 1. The Morgan fingerprint density at radius 2 is 1.71 bits per heavy atom. The molecule has 0 unspecified atom stereocenters. The van der Waals surface area contributed by atoms with Gasteiger partial charge >= 0.3 is 5.69 Å². The van der Waals surface area contributed by atoms with Gasteiger partial charge in [0.1, 0.15) is 25.5 Å². The molecule has 2 aliphatic rings. The maximum Gasteiger partial charge on any atom is 0.318 e. The van der Waals surface area contributed by atoms with E-state index < -0.39 is 44.8 Å². The number of nitro groups is 2. The van der Waals surface area contributed by atoms with E-state index in [1.165, 1.54) is 18.2 Å². The number of nitrogens with zero attached hydrogens (tertiary/aromatic N) is 3. The maximum absolute atomic E-state index is 12.8. The van der Waals surface area contributed by atoms with Gasteiger partial charge in [-0.25, -0.2) is 0 Å². The number of fused-ring (bicyclic) bond motifs is 1. The van der Waals surface area contributed by atoms with E-state index in [0.29, 0.717) is 47.7 Å². The van der Waals surface area contributed by atoms with Crippen LogP contribution in [0.2, 0.25) is 0 Å². The lowest BCUT2D eigenvalue weighted by atomic mass is 10.2. The number of carbonyl (C=O) groups is 3. The van der Waals surface area contributed by atoms with Gasteiger partial charge < -0.3 is 19.5 Å². The Bertz CT molecular complexity index is 1620. The molecule has 0 aromatic heterocycles. The van der Waals surface area contributed by atoms with E-state index in [1.807, 2.05) is 0 Å². The third-order valence-electron chi connectivity index (χ3n) is 5.76. The van der Waals surface area contributed by atoms with Gasteiger partial charge in [0.25, 0.3) is 16.8 Å². The molecule has 5 rings (SSSR count). The zero-order valence-corrected chi connectivity index (χ0v) is 21.6. The Hall–Kier alpha value is -5.44. The van der Waals surface area contributed by atoms with E-state index in [0.717, 1.165) is 23.1 Å². The monoisotopic (exact) mass is 578 g/mol. The molecule has 14 nitrogen and oxygen atoms in total. The highest BCUT2D eigenvalue weighted by Crippen LogP contribution is 2.36. The lowest BCUT2D eigenvalue weighted by Gasteiger charge is -2.19. The van der Waals surface area contributed by atoms with Crippen LogP contribution in [0.5, 0.6) is 23.0 Å². The highest BCUT2D eigenvalue weighted by Gasteiger charge is 2.36. The van der Waals surface area contributed by atoms with Gasteiger partial charge in [-0.05, 0) is 53.7 Å². The van der Waals surface area contributed by atoms with Gasteiger partial charge in [0, 0.05) is 17.8 Å². The topological polar surface area (TPSA) is 180 Å². The molecule has 0 bridgehead atoms. The minimum absolute atomic E-state index is 0.0989. The van der Waals surface area contributed by atoms with Crippen LogP contribution in [0.25, 0.3) is 6.08 Å². The number of non-ortho nitro benzene ring substituents is 1. The predicted molar refractivity (Wildman–Crippen MR) is 145 cm³/mol. The third kappa shape index (κ3) is 6.09. The molecular formula is C26H18N4O10S. The van der Waals surface area contributed by atoms with Crippen molar-refractivity contribution in [2.24, 2.45) is 0 Å². The van der Waals surface area contributed by atoms with Crippen molar-refractivity contribution in [1.82, 2.24) is 4.90 Å². The third-order valence-corrected chi connectivity index (χ3v) is 6.66. The van der Waals surface area contributed by atoms with Crippen LogP contribution in [0.4, 0.5) is 21.9 Å². The first-order chi connectivity index (χ1) is 19.7. The summed E-state index contributed by atoms with van der Waals surface area (Å²) in [6.07, 6.45) is 1.46. The normalized spacial score (nSPS) is 15.1. The van der Waals surface area contributed by atoms with Crippen molar-refractivity contribution in [3.63, 3.8) is 0 Å². The molecule has 41 heavy (non-hydrogen) atoms. The van der Waals surface area contributed by atoms with E-state index in [9.17, 15) is 34.6 Å². The second-order valence-corrected chi connectivity index (χ2v) is 9.51. The van der Waals surface area contributed by atoms with Crippen LogP contribution in [0.1, 0.15) is 5.56 Å². The van der Waals surface area contributed by atoms with E-state index in [2.05, 4.69) is 5.32 Å². The van der Waals surface area contributed by atoms with Crippen LogP contribution in [0, 0.1) is 20.2 Å². The number of anilines is 1. The fraction of sp³-hybridized carbons (Fsp3) is 0.115. The molecule has 0 saturated carbocycles. The number of hydrogen-bond acceptors (Lipinski definition) is 11. The van der Waals surface area contributed by atoms with Gasteiger partial charge in [0.05, 0.1) is 20.8 Å². The number of amides is 3. The highest BCUT2D eigenvalue weighted by atomic mass is 32.2. The number of imide groups is 1. The number of hydrogen-bond donors (Lipinski definition) is 1. The summed E-state index contributed by atoms with van der Waals surface area (Å²) < 4.78 is 16.5. The maximum atomic E-state index is 12.8. The first kappa shape index (κ1) is 27.1. The number of nitrogens with one attached hydrogen (secondary N) is 1. The van der Waals surface area contributed by atoms with Crippen molar-refractivity contribution in [3.05, 3.63) is 91.4 Å². The lowest BCUT2D eigenvalue weighted by Crippen LogP contribution is -2.36. The number of carbonyl (C=O) groups excluding carboxylic acids is 3. The average molecular weight is 579 g/mol. The smallest absolute Gasteiger partial charge is 0.318 e. The number of benzene rings is 3. The summed E-state index contributed by atoms with van der Waals surface area (Å²) in [7, 11) is 0. The Balaban J connectivity index is 1.23. The van der Waals surface area contributed by atoms with Crippen LogP contribution in [-0.2, 0) is 9.59 Å². The molecule has 1 saturated heterocycles. The molecule has 1 N–H and O–H groups in total. The lowest BCUT2D eigenvalue weighted by molar-refractivity contribution is -0.394. The Labute approximate surface area is 234 Å². The van der Waals surface area contributed by atoms with Gasteiger partial charge in [0.15, 0.2) is 11.5 Å². The summed E-state index contributed by atoms with van der Waals surface area (Å²) in [6, 6.07) is 13.9. The van der Waals surface area contributed by atoms with Crippen molar-refractivity contribution in [1.29, 1.82) is 0 Å². The van der Waals surface area contributed by atoms with Crippen molar-refractivity contribution in [3.8, 4) is 23.0 Å². The first-order valence-corrected chi connectivity index (χ1v) is 12.7.